The standard InChI is InChI=1S/C52H42N2.C21H20N2.C6H14/c1-5-15-48-44(6-2)45-32-31-43(35-49(45)52(48,3)4)53(41-27-22-37(23-28-41)36-16-9-7-10-17-36)42-29-24-38(25-30-42)39-26-33-51-47(34-39)46-20-13-14-21-50(46)54(51)40-18-11-8-12-19-40;1-5-9-14(3)19-13-22-21-18-12-8-7-11-17(18)16(10-6-2)15(4)20(21)23-19;1-4-5-6(2)3/h5-35H,2H2,1,3-4H3;5-9,11-13H,2-3,10H2,1,4H3;6H,4-5H2,1-3H3/b15-5-;9-5-;. The Kier molecular flexibility index (Phi) is 17.3. The van der Waals surface area contributed by atoms with E-state index in [1.165, 1.54) is 101 Å². The summed E-state index contributed by atoms with van der Waals surface area (Å²) in [5.74, 6) is 0.898. The number of anilines is 3. The Labute approximate surface area is 492 Å². The highest BCUT2D eigenvalue weighted by Crippen LogP contribution is 2.50. The molecular formula is C79H76N4. The number of fused-ring (bicyclic) bond motifs is 7. The second-order valence-electron chi connectivity index (χ2n) is 22.4. The molecule has 4 nitrogen and oxygen atoms in total. The van der Waals surface area contributed by atoms with Crippen LogP contribution in [0.5, 0.6) is 0 Å². The SMILES string of the molecule is C=CC1=C(/C=C\C)C(C)(C)c2cc(N(c3ccc(-c4ccccc4)cc3)c3ccc(-c4ccc5c(c4)c4ccccc4n5-c4ccccc4)cc3)ccc21.C=CCc1c(C)c2nc(C(=C)/C=C\C)cnc2c2ccccc12.CCCC(C)C. The summed E-state index contributed by atoms with van der Waals surface area (Å²) in [6.07, 6.45) is 17.6. The smallest absolute Gasteiger partial charge is 0.0968 e. The van der Waals surface area contributed by atoms with E-state index < -0.39 is 0 Å². The molecule has 83 heavy (non-hydrogen) atoms. The maximum atomic E-state index is 4.84. The molecule has 0 aliphatic heterocycles. The Balaban J connectivity index is 0.000000219. The normalized spacial score (nSPS) is 12.7. The quantitative estimate of drug-likeness (QED) is 0.0618. The van der Waals surface area contributed by atoms with E-state index in [-0.39, 0.29) is 5.41 Å². The van der Waals surface area contributed by atoms with Crippen molar-refractivity contribution in [1.29, 1.82) is 0 Å². The summed E-state index contributed by atoms with van der Waals surface area (Å²) in [6, 6.07) is 70.1. The van der Waals surface area contributed by atoms with Gasteiger partial charge in [-0.15, -0.1) is 6.58 Å². The van der Waals surface area contributed by atoms with Gasteiger partial charge in [-0.3, -0.25) is 4.98 Å². The van der Waals surface area contributed by atoms with Gasteiger partial charge in [0.1, 0.15) is 0 Å². The van der Waals surface area contributed by atoms with Crippen LogP contribution in [0, 0.1) is 12.8 Å². The van der Waals surface area contributed by atoms with Crippen molar-refractivity contribution >= 4 is 71.8 Å². The lowest BCUT2D eigenvalue weighted by Gasteiger charge is -2.29. The minimum Gasteiger partial charge on any atom is -0.310 e. The Bertz CT molecular complexity index is 4240. The molecule has 1 aliphatic carbocycles. The zero-order valence-corrected chi connectivity index (χ0v) is 49.6. The van der Waals surface area contributed by atoms with Gasteiger partial charge in [0.05, 0.1) is 34.0 Å². The highest BCUT2D eigenvalue weighted by molar-refractivity contribution is 6.11. The molecule has 1 aliphatic rings. The number of rotatable bonds is 14. The lowest BCUT2D eigenvalue weighted by atomic mass is 9.80. The molecule has 0 N–H and O–H groups in total. The molecule has 0 unspecified atom stereocenters. The second-order valence-corrected chi connectivity index (χ2v) is 22.4. The van der Waals surface area contributed by atoms with Crippen LogP contribution < -0.4 is 4.90 Å². The van der Waals surface area contributed by atoms with Crippen molar-refractivity contribution in [2.45, 2.75) is 80.1 Å². The van der Waals surface area contributed by atoms with Gasteiger partial charge in [0.25, 0.3) is 0 Å². The maximum Gasteiger partial charge on any atom is 0.0968 e. The van der Waals surface area contributed by atoms with Crippen molar-refractivity contribution in [1.82, 2.24) is 14.5 Å². The van der Waals surface area contributed by atoms with Crippen molar-refractivity contribution in [2.24, 2.45) is 5.92 Å². The first kappa shape index (κ1) is 56.9. The third kappa shape index (κ3) is 11.5. The third-order valence-electron chi connectivity index (χ3n) is 16.1. The summed E-state index contributed by atoms with van der Waals surface area (Å²) in [5.41, 5.74) is 22.7. The van der Waals surface area contributed by atoms with Crippen LogP contribution in [0.15, 0.2) is 262 Å². The molecule has 9 aromatic carbocycles. The van der Waals surface area contributed by atoms with E-state index in [9.17, 15) is 0 Å². The summed E-state index contributed by atoms with van der Waals surface area (Å²) in [4.78, 5) is 11.9. The number of para-hydroxylation sites is 2. The third-order valence-corrected chi connectivity index (χ3v) is 16.1. The second kappa shape index (κ2) is 25.2. The highest BCUT2D eigenvalue weighted by Gasteiger charge is 2.36. The first-order chi connectivity index (χ1) is 40.4. The number of hydrogen-bond acceptors (Lipinski definition) is 3. The summed E-state index contributed by atoms with van der Waals surface area (Å²) in [5, 5.41) is 4.88. The van der Waals surface area contributed by atoms with Crippen LogP contribution in [-0.4, -0.2) is 14.5 Å². The van der Waals surface area contributed by atoms with E-state index in [4.69, 9.17) is 9.97 Å². The maximum absolute atomic E-state index is 4.84. The van der Waals surface area contributed by atoms with Crippen LogP contribution in [0.2, 0.25) is 0 Å². The molecule has 412 valence electrons. The fourth-order valence-electron chi connectivity index (χ4n) is 12.0. The molecule has 0 radical (unpaired) electrons. The molecular weight excluding hydrogens is 1000 g/mol. The molecule has 4 heteroatoms. The number of benzene rings is 9. The molecule has 2 heterocycles. The summed E-state index contributed by atoms with van der Waals surface area (Å²) >= 11 is 0. The van der Waals surface area contributed by atoms with Gasteiger partial charge < -0.3 is 9.47 Å². The van der Waals surface area contributed by atoms with Gasteiger partial charge >= 0.3 is 0 Å². The van der Waals surface area contributed by atoms with E-state index in [0.717, 1.165) is 57.1 Å². The van der Waals surface area contributed by atoms with Crippen LogP contribution >= 0.6 is 0 Å². The summed E-state index contributed by atoms with van der Waals surface area (Å²) < 4.78 is 2.37. The zero-order chi connectivity index (χ0) is 58.2. The molecule has 0 bridgehead atoms. The number of allylic oxidation sites excluding steroid dienone is 9. The Morgan fingerprint density at radius 1 is 0.614 bits per heavy atom. The molecule has 0 spiro atoms. The molecule has 11 aromatic rings. The number of hydrogen-bond donors (Lipinski definition) is 0. The lowest BCUT2D eigenvalue weighted by Crippen LogP contribution is -2.17. The molecule has 0 saturated carbocycles. The minimum atomic E-state index is -0.156. The zero-order valence-electron chi connectivity index (χ0n) is 49.6. The Morgan fingerprint density at radius 3 is 1.81 bits per heavy atom. The lowest BCUT2D eigenvalue weighted by molar-refractivity contribution is 0.576. The predicted molar refractivity (Wildman–Crippen MR) is 361 cm³/mol. The average molecular weight is 1080 g/mol. The monoisotopic (exact) mass is 1080 g/mol. The van der Waals surface area contributed by atoms with Crippen molar-refractivity contribution in [3.8, 4) is 27.9 Å². The first-order valence-electron chi connectivity index (χ1n) is 29.3. The van der Waals surface area contributed by atoms with Crippen LogP contribution in [0.25, 0.3) is 82.7 Å². The summed E-state index contributed by atoms with van der Waals surface area (Å²) in [7, 11) is 0. The van der Waals surface area contributed by atoms with Crippen LogP contribution in [-0.2, 0) is 11.8 Å². The molecule has 0 atom stereocenters. The van der Waals surface area contributed by atoms with Gasteiger partial charge in [-0.2, -0.15) is 0 Å². The van der Waals surface area contributed by atoms with Crippen LogP contribution in [0.3, 0.4) is 0 Å². The fraction of sp³-hybridized carbons (Fsp3) is 0.165. The predicted octanol–water partition coefficient (Wildman–Crippen LogP) is 22.2. The van der Waals surface area contributed by atoms with Crippen LogP contribution in [0.4, 0.5) is 17.1 Å². The van der Waals surface area contributed by atoms with Crippen molar-refractivity contribution in [3.05, 3.63) is 290 Å². The Morgan fingerprint density at radius 2 is 1.19 bits per heavy atom. The van der Waals surface area contributed by atoms with Crippen LogP contribution in [0.1, 0.15) is 89.3 Å². The largest absolute Gasteiger partial charge is 0.310 e. The van der Waals surface area contributed by atoms with Crippen molar-refractivity contribution < 1.29 is 0 Å². The van der Waals surface area contributed by atoms with Gasteiger partial charge in [0, 0.05) is 44.3 Å². The van der Waals surface area contributed by atoms with E-state index in [1.807, 2.05) is 43.5 Å². The average Bonchev–Trinajstić information content (AvgIpc) is 2.21. The number of nitrogens with zero attached hydrogens (tertiary/aromatic N) is 4. The minimum absolute atomic E-state index is 0.156. The fourth-order valence-corrected chi connectivity index (χ4v) is 12.0. The van der Waals surface area contributed by atoms with Gasteiger partial charge in [0.15, 0.2) is 0 Å². The molecule has 12 rings (SSSR count). The molecule has 0 fully saturated rings. The number of aryl methyl sites for hydroxylation is 1. The van der Waals surface area contributed by atoms with Crippen molar-refractivity contribution in [3.63, 3.8) is 0 Å². The summed E-state index contributed by atoms with van der Waals surface area (Å²) in [6.45, 7) is 29.7. The van der Waals surface area contributed by atoms with E-state index in [2.05, 4.69) is 278 Å². The first-order valence-corrected chi connectivity index (χ1v) is 29.3. The number of aromatic nitrogens is 3. The van der Waals surface area contributed by atoms with Gasteiger partial charge in [-0.25, -0.2) is 4.98 Å². The molecule has 0 saturated heterocycles. The van der Waals surface area contributed by atoms with Gasteiger partial charge in [0.2, 0.25) is 0 Å². The molecule has 2 aromatic heterocycles. The van der Waals surface area contributed by atoms with E-state index in [1.54, 1.807) is 0 Å². The Hall–Kier alpha value is -9.38. The van der Waals surface area contributed by atoms with E-state index >= 15 is 0 Å². The van der Waals surface area contributed by atoms with Crippen molar-refractivity contribution in [2.75, 3.05) is 4.90 Å². The van der Waals surface area contributed by atoms with Gasteiger partial charge in [-0.1, -0.05) is 224 Å². The highest BCUT2D eigenvalue weighted by atomic mass is 15.1. The molecule has 0 amide bonds. The van der Waals surface area contributed by atoms with E-state index in [0.29, 0.717) is 0 Å². The topological polar surface area (TPSA) is 34.0 Å². The van der Waals surface area contributed by atoms with Gasteiger partial charge in [-0.05, 0) is 166 Å².